The first-order valence-electron chi connectivity index (χ1n) is 5.91. The first-order valence-corrected chi connectivity index (χ1v) is 5.91. The van der Waals surface area contributed by atoms with Gasteiger partial charge in [-0.3, -0.25) is 13.9 Å². The summed E-state index contributed by atoms with van der Waals surface area (Å²) in [6, 6.07) is 0. The zero-order valence-corrected chi connectivity index (χ0v) is 10.4. The smallest absolute Gasteiger partial charge is 0.332 e. The molecule has 2 N–H and O–H groups in total. The Labute approximate surface area is 103 Å². The second-order valence-corrected chi connectivity index (χ2v) is 4.08. The van der Waals surface area contributed by atoms with Crippen LogP contribution >= 0.6 is 0 Å². The Morgan fingerprint density at radius 2 is 2.06 bits per heavy atom. The number of aromatic nitrogens is 4. The first kappa shape index (κ1) is 12.6. The van der Waals surface area contributed by atoms with E-state index >= 15 is 0 Å². The fourth-order valence-electron chi connectivity index (χ4n) is 1.99. The molecule has 0 amide bonds. The van der Waals surface area contributed by atoms with Crippen molar-refractivity contribution in [1.29, 1.82) is 0 Å². The van der Waals surface area contributed by atoms with E-state index in [4.69, 9.17) is 5.11 Å². The van der Waals surface area contributed by atoms with Gasteiger partial charge >= 0.3 is 5.69 Å². The quantitative estimate of drug-likeness (QED) is 0.774. The average Bonchev–Trinajstić information content (AvgIpc) is 2.72. The van der Waals surface area contributed by atoms with Crippen molar-refractivity contribution in [2.75, 3.05) is 6.61 Å². The Kier molecular flexibility index (Phi) is 3.33. The van der Waals surface area contributed by atoms with Crippen molar-refractivity contribution in [1.82, 2.24) is 19.1 Å². The van der Waals surface area contributed by atoms with E-state index in [9.17, 15) is 9.59 Å². The summed E-state index contributed by atoms with van der Waals surface area (Å²) in [4.78, 5) is 31.3. The van der Waals surface area contributed by atoms with E-state index in [1.54, 1.807) is 6.92 Å². The highest BCUT2D eigenvalue weighted by molar-refractivity contribution is 5.69. The van der Waals surface area contributed by atoms with Gasteiger partial charge in [0.1, 0.15) is 11.3 Å². The number of fused-ring (bicyclic) bond motifs is 1. The molecule has 2 rings (SSSR count). The Hall–Kier alpha value is -1.89. The van der Waals surface area contributed by atoms with Gasteiger partial charge in [0.15, 0.2) is 5.65 Å². The van der Waals surface area contributed by atoms with E-state index in [1.807, 2.05) is 6.92 Å². The number of H-pyrrole nitrogens is 1. The summed E-state index contributed by atoms with van der Waals surface area (Å²) >= 11 is 0. The van der Waals surface area contributed by atoms with Crippen molar-refractivity contribution in [3.8, 4) is 0 Å². The number of nitrogens with one attached hydrogen (secondary N) is 1. The Bertz CT molecular complexity index is 680. The number of rotatable bonds is 4. The van der Waals surface area contributed by atoms with Gasteiger partial charge in [-0.1, -0.05) is 0 Å². The van der Waals surface area contributed by atoms with Crippen molar-refractivity contribution in [3.05, 3.63) is 26.7 Å². The topological polar surface area (TPSA) is 92.9 Å². The lowest BCUT2D eigenvalue weighted by Crippen LogP contribution is -2.40. The fraction of sp³-hybridized carbons (Fsp3) is 0.545. The van der Waals surface area contributed by atoms with E-state index in [1.165, 1.54) is 4.57 Å². The maximum absolute atomic E-state index is 12.1. The number of hydrogen-bond donors (Lipinski definition) is 2. The van der Waals surface area contributed by atoms with Crippen LogP contribution in [-0.4, -0.2) is 30.8 Å². The van der Waals surface area contributed by atoms with Gasteiger partial charge in [-0.25, -0.2) is 9.78 Å². The highest BCUT2D eigenvalue weighted by atomic mass is 16.3. The number of aliphatic hydroxyl groups is 1. The predicted octanol–water partition coefficient (Wildman–Crippen LogP) is -0.403. The molecule has 0 aliphatic carbocycles. The normalized spacial score (nSPS) is 11.3. The lowest BCUT2D eigenvalue weighted by molar-refractivity contribution is 0.277. The molecule has 7 heteroatoms. The third-order valence-corrected chi connectivity index (χ3v) is 2.84. The van der Waals surface area contributed by atoms with Gasteiger partial charge in [-0.05, 0) is 20.3 Å². The van der Waals surface area contributed by atoms with Gasteiger partial charge in [0.25, 0.3) is 5.56 Å². The molecule has 2 aromatic heterocycles. The van der Waals surface area contributed by atoms with Crippen molar-refractivity contribution >= 4 is 11.2 Å². The van der Waals surface area contributed by atoms with Crippen LogP contribution in [0.2, 0.25) is 0 Å². The van der Waals surface area contributed by atoms with Crippen LogP contribution in [0, 0.1) is 6.92 Å². The molecule has 0 unspecified atom stereocenters. The highest BCUT2D eigenvalue weighted by Crippen LogP contribution is 2.04. The Morgan fingerprint density at radius 1 is 1.33 bits per heavy atom. The van der Waals surface area contributed by atoms with Gasteiger partial charge in [-0.2, -0.15) is 0 Å². The van der Waals surface area contributed by atoms with Gasteiger partial charge in [0.2, 0.25) is 0 Å². The Balaban J connectivity index is 2.79. The number of hydrogen-bond acceptors (Lipinski definition) is 4. The number of aromatic amines is 1. The van der Waals surface area contributed by atoms with Gasteiger partial charge in [0.05, 0.1) is 0 Å². The minimum absolute atomic E-state index is 0.0575. The molecule has 0 radical (unpaired) electrons. The van der Waals surface area contributed by atoms with Crippen LogP contribution < -0.4 is 11.2 Å². The van der Waals surface area contributed by atoms with Crippen LogP contribution in [0.4, 0.5) is 0 Å². The summed E-state index contributed by atoms with van der Waals surface area (Å²) in [5.41, 5.74) is -0.0270. The number of nitrogens with zero attached hydrogens (tertiary/aromatic N) is 3. The largest absolute Gasteiger partial charge is 0.396 e. The minimum Gasteiger partial charge on any atom is -0.396 e. The molecular weight excluding hydrogens is 236 g/mol. The average molecular weight is 252 g/mol. The zero-order valence-electron chi connectivity index (χ0n) is 10.4. The van der Waals surface area contributed by atoms with Crippen LogP contribution in [0.5, 0.6) is 0 Å². The van der Waals surface area contributed by atoms with Gasteiger partial charge < -0.3 is 10.1 Å². The summed E-state index contributed by atoms with van der Waals surface area (Å²) in [6.45, 7) is 4.16. The van der Waals surface area contributed by atoms with Crippen molar-refractivity contribution in [3.63, 3.8) is 0 Å². The van der Waals surface area contributed by atoms with Gasteiger partial charge in [-0.15, -0.1) is 0 Å². The lowest BCUT2D eigenvalue weighted by atomic mass is 10.4. The lowest BCUT2D eigenvalue weighted by Gasteiger charge is -2.08. The third-order valence-electron chi connectivity index (χ3n) is 2.84. The summed E-state index contributed by atoms with van der Waals surface area (Å²) in [5.74, 6) is 0.601. The van der Waals surface area contributed by atoms with Crippen LogP contribution in [0.25, 0.3) is 11.2 Å². The number of imidazole rings is 1. The van der Waals surface area contributed by atoms with E-state index in [0.717, 1.165) is 4.57 Å². The summed E-state index contributed by atoms with van der Waals surface area (Å²) < 4.78 is 2.59. The van der Waals surface area contributed by atoms with Crippen LogP contribution in [0.1, 0.15) is 19.2 Å². The minimum atomic E-state index is -0.381. The summed E-state index contributed by atoms with van der Waals surface area (Å²) in [5, 5.41) is 8.81. The second kappa shape index (κ2) is 4.77. The van der Waals surface area contributed by atoms with E-state index in [-0.39, 0.29) is 24.4 Å². The SMILES string of the molecule is CCn1c(=O)n(CCCO)c(=O)c2[nH]c(C)nc21. The molecule has 0 atom stereocenters. The molecule has 0 saturated heterocycles. The molecule has 18 heavy (non-hydrogen) atoms. The van der Waals surface area contributed by atoms with E-state index < -0.39 is 0 Å². The highest BCUT2D eigenvalue weighted by Gasteiger charge is 2.14. The maximum Gasteiger partial charge on any atom is 0.332 e. The van der Waals surface area contributed by atoms with Crippen molar-refractivity contribution < 1.29 is 5.11 Å². The van der Waals surface area contributed by atoms with Gasteiger partial charge in [0, 0.05) is 19.7 Å². The van der Waals surface area contributed by atoms with Crippen LogP contribution in [-0.2, 0) is 13.1 Å². The molecule has 0 bridgehead atoms. The molecule has 0 aliphatic rings. The van der Waals surface area contributed by atoms with Crippen LogP contribution in [0.15, 0.2) is 9.59 Å². The molecule has 2 aromatic rings. The molecule has 0 aromatic carbocycles. The monoisotopic (exact) mass is 252 g/mol. The molecule has 0 spiro atoms. The summed E-state index contributed by atoms with van der Waals surface area (Å²) in [7, 11) is 0. The Morgan fingerprint density at radius 3 is 2.67 bits per heavy atom. The first-order chi connectivity index (χ1) is 8.60. The van der Waals surface area contributed by atoms with Crippen LogP contribution in [0.3, 0.4) is 0 Å². The standard InChI is InChI=1S/C11H16N4O3/c1-3-14-9-8(12-7(2)13-9)10(17)15(11(14)18)5-4-6-16/h16H,3-6H2,1-2H3,(H,12,13). The second-order valence-electron chi connectivity index (χ2n) is 4.08. The van der Waals surface area contributed by atoms with E-state index in [0.29, 0.717) is 30.0 Å². The predicted molar refractivity (Wildman–Crippen MR) is 66.7 cm³/mol. The fourth-order valence-corrected chi connectivity index (χ4v) is 1.99. The summed E-state index contributed by atoms with van der Waals surface area (Å²) in [6.07, 6.45) is 0.373. The molecule has 0 fully saturated rings. The molecule has 0 saturated carbocycles. The van der Waals surface area contributed by atoms with E-state index in [2.05, 4.69) is 9.97 Å². The zero-order chi connectivity index (χ0) is 13.3. The molecule has 0 aliphatic heterocycles. The number of aryl methyl sites for hydroxylation is 2. The van der Waals surface area contributed by atoms with Crippen molar-refractivity contribution in [2.24, 2.45) is 0 Å². The molecule has 2 heterocycles. The van der Waals surface area contributed by atoms with Crippen molar-refractivity contribution in [2.45, 2.75) is 33.4 Å². The number of aliphatic hydroxyl groups excluding tert-OH is 1. The maximum atomic E-state index is 12.1. The molecule has 98 valence electrons. The third kappa shape index (κ3) is 1.86. The molecule has 7 nitrogen and oxygen atoms in total. The molecular formula is C11H16N4O3.